The van der Waals surface area contributed by atoms with Gasteiger partial charge in [-0.1, -0.05) is 178 Å². The van der Waals surface area contributed by atoms with Gasteiger partial charge in [-0.3, -0.25) is 0 Å². The molecule has 0 aliphatic heterocycles. The van der Waals surface area contributed by atoms with E-state index in [1.54, 1.807) is 0 Å². The van der Waals surface area contributed by atoms with Crippen molar-refractivity contribution in [2.75, 3.05) is 4.90 Å². The third kappa shape index (κ3) is 6.15. The van der Waals surface area contributed by atoms with Crippen molar-refractivity contribution in [3.05, 3.63) is 180 Å². The highest BCUT2D eigenvalue weighted by molar-refractivity contribution is 6.27. The lowest BCUT2D eigenvalue weighted by atomic mass is 9.76. The van der Waals surface area contributed by atoms with Gasteiger partial charge in [0.15, 0.2) is 0 Å². The summed E-state index contributed by atoms with van der Waals surface area (Å²) in [6, 6.07) is 61.7. The van der Waals surface area contributed by atoms with Crippen LogP contribution >= 0.6 is 0 Å². The summed E-state index contributed by atoms with van der Waals surface area (Å²) in [5.74, 6) is 0. The van der Waals surface area contributed by atoms with E-state index >= 15 is 0 Å². The van der Waals surface area contributed by atoms with Crippen molar-refractivity contribution < 1.29 is 0 Å². The Morgan fingerprint density at radius 3 is 1.53 bits per heavy atom. The van der Waals surface area contributed by atoms with Gasteiger partial charge in [0.2, 0.25) is 0 Å². The van der Waals surface area contributed by atoms with Gasteiger partial charge in [-0.05, 0) is 114 Å². The maximum Gasteiger partial charge on any atom is 0.0541 e. The van der Waals surface area contributed by atoms with Crippen LogP contribution in [0.2, 0.25) is 0 Å². The highest BCUT2D eigenvalue weighted by Crippen LogP contribution is 2.48. The minimum absolute atomic E-state index is 0.00865. The Labute approximate surface area is 355 Å². The summed E-state index contributed by atoms with van der Waals surface area (Å²) < 4.78 is 2.46. The second-order valence-electron chi connectivity index (χ2n) is 19.9. The molecule has 1 heterocycles. The molecule has 0 fully saturated rings. The summed E-state index contributed by atoms with van der Waals surface area (Å²) in [5, 5.41) is 10.1. The second-order valence-corrected chi connectivity index (χ2v) is 19.9. The second kappa shape index (κ2) is 13.6. The fourth-order valence-electron chi connectivity index (χ4n) is 9.56. The zero-order chi connectivity index (χ0) is 41.7. The third-order valence-electron chi connectivity index (χ3n) is 12.7. The van der Waals surface area contributed by atoms with Crippen molar-refractivity contribution in [2.24, 2.45) is 0 Å². The van der Waals surface area contributed by atoms with Gasteiger partial charge in [-0.2, -0.15) is 0 Å². The SMILES string of the molecule is CC(C)(C)c1cc(-c2cc(N(c3ccccc3)c3ccc4ccc5c(-n6c7ccccc7c7ccccc76)ccc6ccc3c4c65)ccc2C(C)(C)C)cc(C(C)(C)C)c1. The zero-order valence-electron chi connectivity index (χ0n) is 36.5. The molecule has 2 nitrogen and oxygen atoms in total. The molecular weight excluding hydrogens is 725 g/mol. The zero-order valence-corrected chi connectivity index (χ0v) is 36.5. The normalized spacial score (nSPS) is 12.8. The first-order valence-corrected chi connectivity index (χ1v) is 21.5. The molecule has 0 atom stereocenters. The average molecular weight is 779 g/mol. The fraction of sp³-hybridized carbons (Fsp3) is 0.207. The molecule has 10 aromatic rings. The van der Waals surface area contributed by atoms with Crippen LogP contribution in [0, 0.1) is 0 Å². The summed E-state index contributed by atoms with van der Waals surface area (Å²) in [7, 11) is 0. The van der Waals surface area contributed by atoms with Crippen LogP contribution in [0.1, 0.15) is 79.0 Å². The topological polar surface area (TPSA) is 8.17 Å². The van der Waals surface area contributed by atoms with Gasteiger partial charge in [-0.15, -0.1) is 0 Å². The smallest absolute Gasteiger partial charge is 0.0541 e. The van der Waals surface area contributed by atoms with Gasteiger partial charge in [0, 0.05) is 32.9 Å². The molecule has 0 unspecified atom stereocenters. The Balaban J connectivity index is 1.24. The van der Waals surface area contributed by atoms with Gasteiger partial charge in [0.1, 0.15) is 0 Å². The van der Waals surface area contributed by atoms with E-state index in [1.165, 1.54) is 93.3 Å². The monoisotopic (exact) mass is 778 g/mol. The number of benzene rings is 9. The molecule has 0 spiro atoms. The largest absolute Gasteiger partial charge is 0.310 e. The van der Waals surface area contributed by atoms with E-state index in [2.05, 4.69) is 236 Å². The lowest BCUT2D eigenvalue weighted by Gasteiger charge is -2.31. The molecular formula is C58H54N2. The van der Waals surface area contributed by atoms with Crippen molar-refractivity contribution in [3.8, 4) is 16.8 Å². The number of aromatic nitrogens is 1. The molecule has 0 radical (unpaired) electrons. The van der Waals surface area contributed by atoms with Gasteiger partial charge in [-0.25, -0.2) is 0 Å². The summed E-state index contributed by atoms with van der Waals surface area (Å²) >= 11 is 0. The van der Waals surface area contributed by atoms with Crippen LogP contribution < -0.4 is 4.90 Å². The van der Waals surface area contributed by atoms with Crippen LogP contribution in [-0.2, 0) is 16.2 Å². The average Bonchev–Trinajstić information content (AvgIpc) is 3.56. The first kappa shape index (κ1) is 37.9. The molecule has 296 valence electrons. The van der Waals surface area contributed by atoms with Crippen LogP contribution in [0.15, 0.2) is 164 Å². The maximum absolute atomic E-state index is 2.48. The van der Waals surface area contributed by atoms with Gasteiger partial charge in [0.05, 0.1) is 22.4 Å². The van der Waals surface area contributed by atoms with Crippen molar-refractivity contribution in [3.63, 3.8) is 0 Å². The summed E-state index contributed by atoms with van der Waals surface area (Å²) in [6.07, 6.45) is 0. The predicted molar refractivity (Wildman–Crippen MR) is 261 cm³/mol. The van der Waals surface area contributed by atoms with Gasteiger partial charge in [0.25, 0.3) is 0 Å². The highest BCUT2D eigenvalue weighted by atomic mass is 15.1. The van der Waals surface area contributed by atoms with Crippen LogP contribution in [0.4, 0.5) is 17.1 Å². The van der Waals surface area contributed by atoms with E-state index in [4.69, 9.17) is 0 Å². The van der Waals surface area contributed by atoms with E-state index in [1.807, 2.05) is 0 Å². The van der Waals surface area contributed by atoms with E-state index in [9.17, 15) is 0 Å². The molecule has 0 saturated carbocycles. The molecule has 9 aromatic carbocycles. The van der Waals surface area contributed by atoms with Crippen LogP contribution in [0.5, 0.6) is 0 Å². The maximum atomic E-state index is 2.48. The van der Waals surface area contributed by atoms with Crippen LogP contribution in [0.3, 0.4) is 0 Å². The molecule has 0 N–H and O–H groups in total. The Hall–Kier alpha value is -6.38. The molecule has 0 amide bonds. The molecule has 0 aliphatic carbocycles. The number of rotatable bonds is 5. The number of nitrogens with zero attached hydrogens (tertiary/aromatic N) is 2. The van der Waals surface area contributed by atoms with Crippen LogP contribution in [0.25, 0.3) is 70.9 Å². The molecule has 1 aromatic heterocycles. The first-order valence-electron chi connectivity index (χ1n) is 21.5. The molecule has 60 heavy (non-hydrogen) atoms. The highest BCUT2D eigenvalue weighted by Gasteiger charge is 2.27. The summed E-state index contributed by atoms with van der Waals surface area (Å²) in [5.41, 5.74) is 13.7. The lowest BCUT2D eigenvalue weighted by Crippen LogP contribution is -2.18. The Bertz CT molecular complexity index is 3160. The van der Waals surface area contributed by atoms with Gasteiger partial charge < -0.3 is 9.47 Å². The Morgan fingerprint density at radius 2 is 0.933 bits per heavy atom. The van der Waals surface area contributed by atoms with E-state index in [-0.39, 0.29) is 16.2 Å². The molecule has 0 aliphatic rings. The molecule has 2 heteroatoms. The summed E-state index contributed by atoms with van der Waals surface area (Å²) in [4.78, 5) is 2.48. The molecule has 0 bridgehead atoms. The van der Waals surface area contributed by atoms with Crippen molar-refractivity contribution in [2.45, 2.75) is 78.6 Å². The quantitative estimate of drug-likeness (QED) is 0.158. The van der Waals surface area contributed by atoms with Crippen LogP contribution in [-0.4, -0.2) is 4.57 Å². The van der Waals surface area contributed by atoms with Crippen molar-refractivity contribution in [1.82, 2.24) is 4.57 Å². The first-order chi connectivity index (χ1) is 28.7. The summed E-state index contributed by atoms with van der Waals surface area (Å²) in [6.45, 7) is 21.0. The third-order valence-corrected chi connectivity index (χ3v) is 12.7. The fourth-order valence-corrected chi connectivity index (χ4v) is 9.56. The minimum Gasteiger partial charge on any atom is -0.310 e. The van der Waals surface area contributed by atoms with Gasteiger partial charge >= 0.3 is 0 Å². The van der Waals surface area contributed by atoms with E-state index in [0.717, 1.165) is 11.4 Å². The number of anilines is 3. The van der Waals surface area contributed by atoms with E-state index < -0.39 is 0 Å². The van der Waals surface area contributed by atoms with E-state index in [0.29, 0.717) is 0 Å². The molecule has 10 rings (SSSR count). The number of fused-ring (bicyclic) bond motifs is 3. The Morgan fingerprint density at radius 1 is 0.400 bits per heavy atom. The van der Waals surface area contributed by atoms with Crippen molar-refractivity contribution in [1.29, 1.82) is 0 Å². The Kier molecular flexibility index (Phi) is 8.57. The number of para-hydroxylation sites is 3. The molecule has 0 saturated heterocycles. The lowest BCUT2D eigenvalue weighted by molar-refractivity contribution is 0.568. The minimum atomic E-state index is -0.0633. The number of hydrogen-bond donors (Lipinski definition) is 0. The number of hydrogen-bond acceptors (Lipinski definition) is 1. The standard InChI is InChI=1S/C58H54N2/c1-56(2,3)40-33-39(34-41(35-40)57(4,5)6)48-36-43(27-30-49(48)58(7,8)9)59(42-17-11-10-12-18-42)52-31-25-37-24-29-47-53(32-26-38-23-28-46(52)54(37)55(38)47)60-50-21-15-13-19-44(50)45-20-14-16-22-51(45)60/h10-36H,1-9H3. The van der Waals surface area contributed by atoms with Crippen molar-refractivity contribution >= 4 is 71.2 Å². The predicted octanol–water partition coefficient (Wildman–Crippen LogP) is 16.7.